The van der Waals surface area contributed by atoms with Gasteiger partial charge in [-0.15, -0.1) is 6.58 Å². The Morgan fingerprint density at radius 2 is 2.05 bits per heavy atom. The lowest BCUT2D eigenvalue weighted by molar-refractivity contribution is 0.239. The van der Waals surface area contributed by atoms with Crippen LogP contribution < -0.4 is 11.2 Å². The van der Waals surface area contributed by atoms with Crippen molar-refractivity contribution in [2.75, 3.05) is 13.1 Å². The molecule has 1 aromatic heterocycles. The van der Waals surface area contributed by atoms with Crippen LogP contribution in [0, 0.1) is 0 Å². The van der Waals surface area contributed by atoms with Crippen molar-refractivity contribution in [1.29, 1.82) is 0 Å². The van der Waals surface area contributed by atoms with E-state index in [4.69, 9.17) is 0 Å². The molecule has 0 aromatic carbocycles. The van der Waals surface area contributed by atoms with Gasteiger partial charge in [0.25, 0.3) is 5.56 Å². The number of H-pyrrole nitrogens is 1. The van der Waals surface area contributed by atoms with Gasteiger partial charge in [0.2, 0.25) is 5.88 Å². The number of aromatic nitrogens is 2. The summed E-state index contributed by atoms with van der Waals surface area (Å²) in [6.45, 7) is 7.22. The number of hydrogen-bond donors (Lipinski definition) is 2. The number of aromatic amines is 1. The molecule has 22 heavy (non-hydrogen) atoms. The molecule has 2 rings (SSSR count). The SMILES string of the molecule is C=CCn1c(O)c(C(CC)=NN2CCCCC2)c(=O)[nH]c1=O. The molecular weight excluding hydrogens is 284 g/mol. The van der Waals surface area contributed by atoms with Crippen LogP contribution in [0.2, 0.25) is 0 Å². The number of nitrogens with one attached hydrogen (secondary N) is 1. The number of hydrogen-bond acceptors (Lipinski definition) is 5. The van der Waals surface area contributed by atoms with E-state index in [-0.39, 0.29) is 18.0 Å². The summed E-state index contributed by atoms with van der Waals surface area (Å²) in [6.07, 6.45) is 5.29. The van der Waals surface area contributed by atoms with E-state index < -0.39 is 11.2 Å². The number of nitrogens with zero attached hydrogens (tertiary/aromatic N) is 3. The zero-order chi connectivity index (χ0) is 16.1. The van der Waals surface area contributed by atoms with Crippen LogP contribution in [-0.4, -0.2) is 38.5 Å². The van der Waals surface area contributed by atoms with Crippen LogP contribution in [0.4, 0.5) is 0 Å². The van der Waals surface area contributed by atoms with Crippen LogP contribution in [0.1, 0.15) is 38.2 Å². The quantitative estimate of drug-likeness (QED) is 0.628. The summed E-state index contributed by atoms with van der Waals surface area (Å²) in [5, 5.41) is 16.7. The van der Waals surface area contributed by atoms with Gasteiger partial charge in [-0.3, -0.25) is 19.4 Å². The van der Waals surface area contributed by atoms with Gasteiger partial charge in [-0.25, -0.2) is 4.79 Å². The lowest BCUT2D eigenvalue weighted by atomic mass is 10.1. The lowest BCUT2D eigenvalue weighted by Crippen LogP contribution is -2.34. The van der Waals surface area contributed by atoms with E-state index in [9.17, 15) is 14.7 Å². The van der Waals surface area contributed by atoms with Crippen LogP contribution in [0.25, 0.3) is 0 Å². The molecule has 7 nitrogen and oxygen atoms in total. The first kappa shape index (κ1) is 16.1. The Morgan fingerprint density at radius 1 is 1.36 bits per heavy atom. The fraction of sp³-hybridized carbons (Fsp3) is 0.533. The van der Waals surface area contributed by atoms with Crippen LogP contribution in [0.3, 0.4) is 0 Å². The fourth-order valence-corrected chi connectivity index (χ4v) is 2.56. The summed E-state index contributed by atoms with van der Waals surface area (Å²) in [7, 11) is 0. The van der Waals surface area contributed by atoms with E-state index >= 15 is 0 Å². The third-order valence-electron chi connectivity index (χ3n) is 3.70. The van der Waals surface area contributed by atoms with Gasteiger partial charge in [0.1, 0.15) is 5.56 Å². The lowest BCUT2D eigenvalue weighted by Gasteiger charge is -2.24. The van der Waals surface area contributed by atoms with Crippen molar-refractivity contribution in [1.82, 2.24) is 14.6 Å². The van der Waals surface area contributed by atoms with Gasteiger partial charge in [-0.2, -0.15) is 5.10 Å². The minimum Gasteiger partial charge on any atom is -0.494 e. The Bertz CT molecular complexity index is 681. The summed E-state index contributed by atoms with van der Waals surface area (Å²) in [5.74, 6) is -0.355. The van der Waals surface area contributed by atoms with E-state index in [2.05, 4.69) is 16.7 Å². The van der Waals surface area contributed by atoms with Crippen LogP contribution in [0.15, 0.2) is 27.3 Å². The maximum atomic E-state index is 12.1. The summed E-state index contributed by atoms with van der Waals surface area (Å²) in [6, 6.07) is 0. The first-order valence-electron chi connectivity index (χ1n) is 7.58. The van der Waals surface area contributed by atoms with Crippen molar-refractivity contribution in [3.63, 3.8) is 0 Å². The molecular formula is C15H22N4O3. The van der Waals surface area contributed by atoms with Gasteiger partial charge in [-0.1, -0.05) is 13.0 Å². The Morgan fingerprint density at radius 3 is 2.64 bits per heavy atom. The number of allylic oxidation sites excluding steroid dienone is 1. The highest BCUT2D eigenvalue weighted by Gasteiger charge is 2.19. The molecule has 0 atom stereocenters. The maximum Gasteiger partial charge on any atom is 0.331 e. The maximum absolute atomic E-state index is 12.1. The minimum absolute atomic E-state index is 0.0644. The highest BCUT2D eigenvalue weighted by molar-refractivity contribution is 6.01. The molecule has 0 radical (unpaired) electrons. The zero-order valence-corrected chi connectivity index (χ0v) is 12.8. The molecule has 1 aliphatic heterocycles. The molecule has 2 N–H and O–H groups in total. The first-order valence-corrected chi connectivity index (χ1v) is 7.58. The van der Waals surface area contributed by atoms with Gasteiger partial charge in [0, 0.05) is 19.6 Å². The molecule has 0 aliphatic carbocycles. The molecule has 120 valence electrons. The van der Waals surface area contributed by atoms with Gasteiger partial charge in [0.05, 0.1) is 5.71 Å². The topological polar surface area (TPSA) is 90.7 Å². The van der Waals surface area contributed by atoms with Crippen molar-refractivity contribution in [2.24, 2.45) is 5.10 Å². The van der Waals surface area contributed by atoms with Gasteiger partial charge in [-0.05, 0) is 25.7 Å². The normalized spacial score (nSPS) is 15.9. The summed E-state index contributed by atoms with van der Waals surface area (Å²) in [5.41, 5.74) is -0.715. The molecule has 1 fully saturated rings. The van der Waals surface area contributed by atoms with Crippen molar-refractivity contribution >= 4 is 5.71 Å². The number of piperidine rings is 1. The predicted molar refractivity (Wildman–Crippen MR) is 85.4 cm³/mol. The Kier molecular flexibility index (Phi) is 5.19. The minimum atomic E-state index is -0.653. The monoisotopic (exact) mass is 306 g/mol. The fourth-order valence-electron chi connectivity index (χ4n) is 2.56. The van der Waals surface area contributed by atoms with Crippen LogP contribution in [-0.2, 0) is 6.54 Å². The van der Waals surface area contributed by atoms with E-state index in [0.717, 1.165) is 30.5 Å². The highest BCUT2D eigenvalue weighted by atomic mass is 16.3. The standard InChI is InChI=1S/C15H22N4O3/c1-3-8-19-14(21)12(13(20)16-15(19)22)11(4-2)17-18-9-6-5-7-10-18/h3,21H,1,4-10H2,2H3,(H,16,20,22). The molecule has 2 heterocycles. The average Bonchev–Trinajstić information content (AvgIpc) is 2.51. The van der Waals surface area contributed by atoms with Crippen molar-refractivity contribution in [3.8, 4) is 5.88 Å². The van der Waals surface area contributed by atoms with Crippen molar-refractivity contribution in [2.45, 2.75) is 39.2 Å². The Hall–Kier alpha value is -2.31. The second-order valence-corrected chi connectivity index (χ2v) is 5.27. The zero-order valence-electron chi connectivity index (χ0n) is 12.8. The van der Waals surface area contributed by atoms with E-state index in [1.165, 1.54) is 12.5 Å². The Labute approximate surface area is 128 Å². The van der Waals surface area contributed by atoms with Gasteiger partial charge in [0.15, 0.2) is 0 Å². The second-order valence-electron chi connectivity index (χ2n) is 5.27. The smallest absolute Gasteiger partial charge is 0.331 e. The summed E-state index contributed by atoms with van der Waals surface area (Å²) < 4.78 is 1.07. The van der Waals surface area contributed by atoms with Gasteiger partial charge < -0.3 is 5.11 Å². The Balaban J connectivity index is 2.50. The largest absolute Gasteiger partial charge is 0.494 e. The predicted octanol–water partition coefficient (Wildman–Crippen LogP) is 1.03. The van der Waals surface area contributed by atoms with Crippen LogP contribution >= 0.6 is 0 Å². The average molecular weight is 306 g/mol. The van der Waals surface area contributed by atoms with E-state index in [0.29, 0.717) is 12.1 Å². The van der Waals surface area contributed by atoms with Gasteiger partial charge >= 0.3 is 5.69 Å². The molecule has 0 spiro atoms. The molecule has 0 unspecified atom stereocenters. The molecule has 0 saturated carbocycles. The number of rotatable bonds is 5. The van der Waals surface area contributed by atoms with E-state index in [1.54, 1.807) is 0 Å². The van der Waals surface area contributed by atoms with Crippen molar-refractivity contribution < 1.29 is 5.11 Å². The third-order valence-corrected chi connectivity index (χ3v) is 3.70. The number of aromatic hydroxyl groups is 1. The summed E-state index contributed by atoms with van der Waals surface area (Å²) >= 11 is 0. The molecule has 0 bridgehead atoms. The van der Waals surface area contributed by atoms with E-state index in [1.807, 2.05) is 11.9 Å². The molecule has 0 amide bonds. The van der Waals surface area contributed by atoms with Crippen molar-refractivity contribution in [3.05, 3.63) is 39.1 Å². The molecule has 1 saturated heterocycles. The number of hydrazone groups is 1. The first-order chi connectivity index (χ1) is 10.6. The summed E-state index contributed by atoms with van der Waals surface area (Å²) in [4.78, 5) is 26.1. The molecule has 1 aromatic rings. The van der Waals surface area contributed by atoms with Crippen LogP contribution in [0.5, 0.6) is 5.88 Å². The third kappa shape index (κ3) is 3.29. The second kappa shape index (κ2) is 7.11. The molecule has 7 heteroatoms. The molecule has 1 aliphatic rings. The highest BCUT2D eigenvalue weighted by Crippen LogP contribution is 2.16.